The molecule has 0 saturated heterocycles. The Hall–Kier alpha value is -3.11. The van der Waals surface area contributed by atoms with E-state index in [9.17, 15) is 14.4 Å². The van der Waals surface area contributed by atoms with Crippen molar-refractivity contribution in [3.05, 3.63) is 68.6 Å². The molecule has 8 nitrogen and oxygen atoms in total. The largest absolute Gasteiger partial charge is 0.458 e. The molecule has 1 aromatic carbocycles. The second kappa shape index (κ2) is 12.4. The van der Waals surface area contributed by atoms with E-state index < -0.39 is 23.7 Å². The molecule has 0 saturated carbocycles. The summed E-state index contributed by atoms with van der Waals surface area (Å²) < 4.78 is 6.15. The van der Waals surface area contributed by atoms with Crippen LogP contribution in [-0.4, -0.2) is 39.4 Å². The summed E-state index contributed by atoms with van der Waals surface area (Å²) in [7, 11) is 0. The zero-order valence-corrected chi connectivity index (χ0v) is 25.7. The van der Waals surface area contributed by atoms with Crippen LogP contribution >= 0.6 is 27.3 Å². The maximum absolute atomic E-state index is 13.2. The molecule has 0 fully saturated rings. The molecule has 0 aliphatic rings. The van der Waals surface area contributed by atoms with Crippen LogP contribution < -0.4 is 10.6 Å². The van der Waals surface area contributed by atoms with E-state index in [4.69, 9.17) is 4.74 Å². The SMILES string of the molecule is C[C@@H](NC(=O)C[C@H](NC(=O)c1ccc(C(C)(C)C)s1)c1ccc(-c2ncc(Br)cn2)cc1)C(=O)OC(C)(C)C. The molecule has 2 aromatic heterocycles. The number of amides is 2. The molecule has 3 rings (SSSR count). The van der Waals surface area contributed by atoms with E-state index in [1.807, 2.05) is 30.3 Å². The number of esters is 1. The van der Waals surface area contributed by atoms with E-state index >= 15 is 0 Å². The van der Waals surface area contributed by atoms with Gasteiger partial charge in [0.25, 0.3) is 5.91 Å². The number of aromatic nitrogens is 2. The summed E-state index contributed by atoms with van der Waals surface area (Å²) in [6, 6.07) is 9.66. The lowest BCUT2D eigenvalue weighted by Crippen LogP contribution is -2.43. The summed E-state index contributed by atoms with van der Waals surface area (Å²) in [6.07, 6.45) is 3.27. The molecule has 2 heterocycles. The minimum absolute atomic E-state index is 0.0650. The van der Waals surface area contributed by atoms with Gasteiger partial charge in [-0.3, -0.25) is 9.59 Å². The predicted octanol–water partition coefficient (Wildman–Crippen LogP) is 5.97. The highest BCUT2D eigenvalue weighted by atomic mass is 79.9. The average Bonchev–Trinajstić information content (AvgIpc) is 3.34. The first-order valence-electron chi connectivity index (χ1n) is 12.6. The molecular formula is C29H35BrN4O4S. The predicted molar refractivity (Wildman–Crippen MR) is 156 cm³/mol. The van der Waals surface area contributed by atoms with Crippen molar-refractivity contribution >= 4 is 45.1 Å². The van der Waals surface area contributed by atoms with E-state index in [0.717, 1.165) is 20.5 Å². The maximum atomic E-state index is 13.2. The molecular weight excluding hydrogens is 580 g/mol. The standard InChI is InChI=1S/C29H35BrN4O4S/c1-17(27(37)38-29(5,6)7)33-24(35)14-21(34-26(36)22-12-13-23(39-22)28(2,3)4)18-8-10-19(11-9-18)25-31-15-20(30)16-32-25/h8-13,15-17,21H,14H2,1-7H3,(H,33,35)(H,34,36)/t17-,21+/m1/s1. The maximum Gasteiger partial charge on any atom is 0.328 e. The fourth-order valence-electron chi connectivity index (χ4n) is 3.61. The van der Waals surface area contributed by atoms with Crippen LogP contribution in [0.1, 0.15) is 81.0 Å². The minimum atomic E-state index is -0.836. The summed E-state index contributed by atoms with van der Waals surface area (Å²) in [5, 5.41) is 5.71. The van der Waals surface area contributed by atoms with Crippen molar-refractivity contribution in [2.45, 2.75) is 78.0 Å². The summed E-state index contributed by atoms with van der Waals surface area (Å²) in [5.41, 5.74) is 0.786. The number of nitrogens with zero attached hydrogens (tertiary/aromatic N) is 2. The van der Waals surface area contributed by atoms with Gasteiger partial charge in [0.05, 0.1) is 21.8 Å². The second-order valence-electron chi connectivity index (χ2n) is 11.3. The summed E-state index contributed by atoms with van der Waals surface area (Å²) in [4.78, 5) is 48.9. The molecule has 3 aromatic rings. The number of halogens is 1. The van der Waals surface area contributed by atoms with E-state index in [1.165, 1.54) is 11.3 Å². The van der Waals surface area contributed by atoms with Crippen LogP contribution in [0.15, 0.2) is 53.3 Å². The van der Waals surface area contributed by atoms with Crippen LogP contribution in [0.25, 0.3) is 11.4 Å². The van der Waals surface area contributed by atoms with Gasteiger partial charge in [-0.25, -0.2) is 14.8 Å². The molecule has 0 unspecified atom stereocenters. The van der Waals surface area contributed by atoms with Gasteiger partial charge in [0, 0.05) is 22.8 Å². The molecule has 2 amide bonds. The van der Waals surface area contributed by atoms with Gasteiger partial charge in [-0.1, -0.05) is 45.0 Å². The fourth-order valence-corrected chi connectivity index (χ4v) is 4.78. The first-order valence-corrected chi connectivity index (χ1v) is 14.2. The summed E-state index contributed by atoms with van der Waals surface area (Å²) in [5.74, 6) is -0.625. The number of rotatable bonds is 8. The molecule has 39 heavy (non-hydrogen) atoms. The number of ether oxygens (including phenoxy) is 1. The normalized spacial score (nSPS) is 13.3. The topological polar surface area (TPSA) is 110 Å². The number of carbonyl (C=O) groups is 3. The fraction of sp³-hybridized carbons (Fsp3) is 0.414. The quantitative estimate of drug-likeness (QED) is 0.302. The number of benzene rings is 1. The van der Waals surface area contributed by atoms with Crippen molar-refractivity contribution in [2.75, 3.05) is 0 Å². The van der Waals surface area contributed by atoms with Crippen LogP contribution in [0.5, 0.6) is 0 Å². The molecule has 0 aliphatic heterocycles. The van der Waals surface area contributed by atoms with Gasteiger partial charge < -0.3 is 15.4 Å². The zero-order chi connectivity index (χ0) is 29.0. The van der Waals surface area contributed by atoms with Crippen molar-refractivity contribution < 1.29 is 19.1 Å². The van der Waals surface area contributed by atoms with Crippen LogP contribution in [0.4, 0.5) is 0 Å². The third-order valence-corrected chi connectivity index (χ3v) is 7.51. The van der Waals surface area contributed by atoms with E-state index in [2.05, 4.69) is 57.3 Å². The Morgan fingerprint density at radius 2 is 1.56 bits per heavy atom. The van der Waals surface area contributed by atoms with E-state index in [-0.39, 0.29) is 23.7 Å². The molecule has 10 heteroatoms. The number of hydrogen-bond donors (Lipinski definition) is 2. The van der Waals surface area contributed by atoms with Crippen molar-refractivity contribution in [1.29, 1.82) is 0 Å². The third-order valence-electron chi connectivity index (χ3n) is 5.59. The van der Waals surface area contributed by atoms with Gasteiger partial charge in [0.15, 0.2) is 5.82 Å². The monoisotopic (exact) mass is 614 g/mol. The van der Waals surface area contributed by atoms with Gasteiger partial charge in [-0.05, 0) is 66.7 Å². The first kappa shape index (κ1) is 30.4. The molecule has 2 N–H and O–H groups in total. The van der Waals surface area contributed by atoms with Crippen molar-refractivity contribution in [2.24, 2.45) is 0 Å². The van der Waals surface area contributed by atoms with Crippen LogP contribution in [0, 0.1) is 0 Å². The molecule has 0 spiro atoms. The number of nitrogens with one attached hydrogen (secondary N) is 2. The Kier molecular flexibility index (Phi) is 9.66. The Morgan fingerprint density at radius 3 is 2.10 bits per heavy atom. The van der Waals surface area contributed by atoms with Crippen LogP contribution in [0.3, 0.4) is 0 Å². The van der Waals surface area contributed by atoms with E-state index in [0.29, 0.717) is 10.7 Å². The summed E-state index contributed by atoms with van der Waals surface area (Å²) >= 11 is 4.77. The Bertz CT molecular complexity index is 1310. The Labute approximate surface area is 242 Å². The molecule has 2 atom stereocenters. The molecule has 0 aliphatic carbocycles. The number of thiophene rings is 1. The highest BCUT2D eigenvalue weighted by molar-refractivity contribution is 9.10. The van der Waals surface area contributed by atoms with E-state index in [1.54, 1.807) is 46.2 Å². The lowest BCUT2D eigenvalue weighted by Gasteiger charge is -2.24. The minimum Gasteiger partial charge on any atom is -0.458 e. The molecule has 0 bridgehead atoms. The third kappa shape index (κ3) is 8.96. The average molecular weight is 616 g/mol. The van der Waals surface area contributed by atoms with Crippen LogP contribution in [0.2, 0.25) is 0 Å². The zero-order valence-electron chi connectivity index (χ0n) is 23.3. The van der Waals surface area contributed by atoms with Gasteiger partial charge in [0.2, 0.25) is 5.91 Å². The smallest absolute Gasteiger partial charge is 0.328 e. The van der Waals surface area contributed by atoms with Crippen molar-refractivity contribution in [3.63, 3.8) is 0 Å². The van der Waals surface area contributed by atoms with Crippen LogP contribution in [-0.2, 0) is 19.7 Å². The highest BCUT2D eigenvalue weighted by Gasteiger charge is 2.26. The number of carbonyl (C=O) groups excluding carboxylic acids is 3. The highest BCUT2D eigenvalue weighted by Crippen LogP contribution is 2.30. The van der Waals surface area contributed by atoms with Gasteiger partial charge in [0.1, 0.15) is 11.6 Å². The first-order chi connectivity index (χ1) is 18.1. The van der Waals surface area contributed by atoms with Crippen molar-refractivity contribution in [1.82, 2.24) is 20.6 Å². The Morgan fingerprint density at radius 1 is 0.949 bits per heavy atom. The van der Waals surface area contributed by atoms with Gasteiger partial charge in [-0.2, -0.15) is 0 Å². The summed E-state index contributed by atoms with van der Waals surface area (Å²) in [6.45, 7) is 13.2. The lowest BCUT2D eigenvalue weighted by molar-refractivity contribution is -0.158. The lowest BCUT2D eigenvalue weighted by atomic mass is 9.95. The Balaban J connectivity index is 1.81. The second-order valence-corrected chi connectivity index (χ2v) is 13.3. The van der Waals surface area contributed by atoms with Gasteiger partial charge in [-0.15, -0.1) is 11.3 Å². The van der Waals surface area contributed by atoms with Crippen molar-refractivity contribution in [3.8, 4) is 11.4 Å². The van der Waals surface area contributed by atoms with Gasteiger partial charge >= 0.3 is 5.97 Å². The molecule has 0 radical (unpaired) electrons. The molecule has 208 valence electrons. The number of hydrogen-bond acceptors (Lipinski definition) is 7.